The van der Waals surface area contributed by atoms with Crippen molar-refractivity contribution in [2.45, 2.75) is 30.7 Å². The van der Waals surface area contributed by atoms with Gasteiger partial charge in [0.15, 0.2) is 11.5 Å². The predicted molar refractivity (Wildman–Crippen MR) is 117 cm³/mol. The van der Waals surface area contributed by atoms with Crippen LogP contribution >= 0.6 is 12.4 Å². The number of rotatable bonds is 9. The fourth-order valence-electron chi connectivity index (χ4n) is 3.57. The van der Waals surface area contributed by atoms with E-state index in [4.69, 9.17) is 9.47 Å². The third kappa shape index (κ3) is 6.29. The van der Waals surface area contributed by atoms with Gasteiger partial charge >= 0.3 is 0 Å². The molecule has 0 unspecified atom stereocenters. The molecule has 2 aromatic carbocycles. The lowest BCUT2D eigenvalue weighted by molar-refractivity contribution is 0.248. The molecule has 0 aromatic heterocycles. The Labute approximate surface area is 188 Å². The zero-order chi connectivity index (χ0) is 21.7. The van der Waals surface area contributed by atoms with Crippen molar-refractivity contribution in [3.05, 3.63) is 53.1 Å². The molecule has 0 amide bonds. The monoisotopic (exact) mass is 476 g/mol. The molecule has 3 rings (SSSR count). The first-order valence-corrected chi connectivity index (χ1v) is 11.2. The molecular weight excluding hydrogens is 450 g/mol. The Bertz CT molecular complexity index is 1010. The van der Waals surface area contributed by atoms with Crippen molar-refractivity contribution in [1.82, 2.24) is 9.62 Å². The molecule has 6 nitrogen and oxygen atoms in total. The highest BCUT2D eigenvalue weighted by molar-refractivity contribution is 7.89. The number of nitrogens with one attached hydrogen (secondary N) is 1. The van der Waals surface area contributed by atoms with E-state index >= 15 is 0 Å². The Morgan fingerprint density at radius 2 is 1.71 bits per heavy atom. The van der Waals surface area contributed by atoms with Crippen molar-refractivity contribution in [3.63, 3.8) is 0 Å². The number of ether oxygens (including phenoxy) is 2. The maximum Gasteiger partial charge on any atom is 0.243 e. The summed E-state index contributed by atoms with van der Waals surface area (Å²) < 4.78 is 64.1. The molecule has 172 valence electrons. The van der Waals surface area contributed by atoms with Gasteiger partial charge in [-0.2, -0.15) is 0 Å². The minimum atomic E-state index is -4.00. The average molecular weight is 477 g/mol. The molecular formula is C21H27ClF2N2O4S. The summed E-state index contributed by atoms with van der Waals surface area (Å²) in [6.45, 7) is 2.71. The summed E-state index contributed by atoms with van der Waals surface area (Å²) in [6.07, 6.45) is 2.31. The summed E-state index contributed by atoms with van der Waals surface area (Å²) >= 11 is 0. The molecule has 0 saturated heterocycles. The van der Waals surface area contributed by atoms with Gasteiger partial charge in [-0.05, 0) is 61.2 Å². The smallest absolute Gasteiger partial charge is 0.243 e. The van der Waals surface area contributed by atoms with E-state index in [-0.39, 0.29) is 19.0 Å². The molecule has 1 heterocycles. The van der Waals surface area contributed by atoms with Crippen molar-refractivity contribution < 1.29 is 26.7 Å². The number of methoxy groups -OCH3 is 2. The molecule has 10 heteroatoms. The molecule has 0 fully saturated rings. The Morgan fingerprint density at radius 1 is 1.03 bits per heavy atom. The van der Waals surface area contributed by atoms with Gasteiger partial charge in [0, 0.05) is 25.7 Å². The number of fused-ring (bicyclic) bond motifs is 1. The van der Waals surface area contributed by atoms with Crippen molar-refractivity contribution in [2.75, 3.05) is 33.9 Å². The predicted octanol–water partition coefficient (Wildman–Crippen LogP) is 3.52. The molecule has 1 N–H and O–H groups in total. The van der Waals surface area contributed by atoms with Crippen LogP contribution in [0.1, 0.15) is 24.0 Å². The minimum Gasteiger partial charge on any atom is -0.493 e. The van der Waals surface area contributed by atoms with Gasteiger partial charge in [0.1, 0.15) is 16.5 Å². The van der Waals surface area contributed by atoms with Gasteiger partial charge in [-0.1, -0.05) is 0 Å². The van der Waals surface area contributed by atoms with Gasteiger partial charge in [-0.25, -0.2) is 21.9 Å². The lowest BCUT2D eigenvalue weighted by atomic mass is 9.98. The number of halogens is 3. The van der Waals surface area contributed by atoms with Crippen LogP contribution in [-0.4, -0.2) is 47.2 Å². The van der Waals surface area contributed by atoms with Crippen LogP contribution in [0.2, 0.25) is 0 Å². The Kier molecular flexibility index (Phi) is 9.05. The van der Waals surface area contributed by atoms with Gasteiger partial charge in [0.25, 0.3) is 0 Å². The lowest BCUT2D eigenvalue weighted by Gasteiger charge is -2.29. The van der Waals surface area contributed by atoms with Crippen molar-refractivity contribution >= 4 is 22.4 Å². The van der Waals surface area contributed by atoms with E-state index in [2.05, 4.69) is 9.62 Å². The maximum absolute atomic E-state index is 13.7. The maximum atomic E-state index is 13.7. The number of sulfonamides is 1. The van der Waals surface area contributed by atoms with Gasteiger partial charge in [-0.3, -0.25) is 4.90 Å². The molecule has 1 aliphatic heterocycles. The molecule has 0 saturated carbocycles. The first-order valence-electron chi connectivity index (χ1n) is 9.75. The fraction of sp³-hybridized carbons (Fsp3) is 0.429. The molecule has 0 spiro atoms. The second-order valence-corrected chi connectivity index (χ2v) is 8.92. The molecule has 0 aliphatic carbocycles. The van der Waals surface area contributed by atoms with Crippen LogP contribution in [0.25, 0.3) is 0 Å². The third-order valence-electron chi connectivity index (χ3n) is 5.17. The Hall–Kier alpha value is -1.94. The lowest BCUT2D eigenvalue weighted by Crippen LogP contribution is -2.32. The van der Waals surface area contributed by atoms with Crippen molar-refractivity contribution in [1.29, 1.82) is 0 Å². The summed E-state index contributed by atoms with van der Waals surface area (Å²) in [6, 6.07) is 6.45. The van der Waals surface area contributed by atoms with E-state index < -0.39 is 26.6 Å². The van der Waals surface area contributed by atoms with Gasteiger partial charge in [0.05, 0.1) is 14.2 Å². The van der Waals surface area contributed by atoms with Crippen molar-refractivity contribution in [3.8, 4) is 11.5 Å². The van der Waals surface area contributed by atoms with E-state index in [9.17, 15) is 17.2 Å². The number of hydrogen-bond donors (Lipinski definition) is 1. The minimum absolute atomic E-state index is 0. The molecule has 0 atom stereocenters. The Morgan fingerprint density at radius 3 is 2.35 bits per heavy atom. The quantitative estimate of drug-likeness (QED) is 0.561. The van der Waals surface area contributed by atoms with E-state index in [1.165, 1.54) is 11.1 Å². The Balaban J connectivity index is 0.00000341. The third-order valence-corrected chi connectivity index (χ3v) is 6.67. The number of benzene rings is 2. The van der Waals surface area contributed by atoms with E-state index in [1.54, 1.807) is 14.2 Å². The highest BCUT2D eigenvalue weighted by Crippen LogP contribution is 2.33. The SMILES string of the molecule is COc1cc2c(cc1OC)CN(CCCCNS(=O)(=O)c1ccc(F)cc1F)CC2.Cl. The van der Waals surface area contributed by atoms with E-state index in [1.807, 2.05) is 12.1 Å². The van der Waals surface area contributed by atoms with E-state index in [0.29, 0.717) is 18.2 Å². The average Bonchev–Trinajstić information content (AvgIpc) is 2.71. The number of hydrogen-bond acceptors (Lipinski definition) is 5. The zero-order valence-corrected chi connectivity index (χ0v) is 19.1. The number of nitrogens with zero attached hydrogens (tertiary/aromatic N) is 1. The summed E-state index contributed by atoms with van der Waals surface area (Å²) in [5.74, 6) is -0.470. The van der Waals surface area contributed by atoms with Gasteiger partial charge in [0.2, 0.25) is 10.0 Å². The summed E-state index contributed by atoms with van der Waals surface area (Å²) in [5.41, 5.74) is 2.45. The summed E-state index contributed by atoms with van der Waals surface area (Å²) in [4.78, 5) is 1.77. The van der Waals surface area contributed by atoms with Crippen LogP contribution in [0.4, 0.5) is 8.78 Å². The van der Waals surface area contributed by atoms with E-state index in [0.717, 1.165) is 50.4 Å². The largest absolute Gasteiger partial charge is 0.493 e. The highest BCUT2D eigenvalue weighted by Gasteiger charge is 2.20. The first kappa shape index (κ1) is 25.3. The van der Waals surface area contributed by atoms with Crippen LogP contribution in [0.15, 0.2) is 35.2 Å². The second-order valence-electron chi connectivity index (χ2n) is 7.18. The number of unbranched alkanes of at least 4 members (excludes halogenated alkanes) is 1. The molecule has 2 aromatic rings. The molecule has 0 bridgehead atoms. The normalized spacial score (nSPS) is 13.9. The van der Waals surface area contributed by atoms with Crippen LogP contribution < -0.4 is 14.2 Å². The van der Waals surface area contributed by atoms with Gasteiger partial charge in [-0.15, -0.1) is 12.4 Å². The van der Waals surface area contributed by atoms with Gasteiger partial charge < -0.3 is 9.47 Å². The second kappa shape index (κ2) is 11.1. The van der Waals surface area contributed by atoms with Crippen LogP contribution in [0, 0.1) is 11.6 Å². The van der Waals surface area contributed by atoms with Crippen LogP contribution in [0.3, 0.4) is 0 Å². The van der Waals surface area contributed by atoms with Crippen molar-refractivity contribution in [2.24, 2.45) is 0 Å². The molecule has 1 aliphatic rings. The molecule has 0 radical (unpaired) electrons. The van der Waals surface area contributed by atoms with Crippen LogP contribution in [0.5, 0.6) is 11.5 Å². The standard InChI is InChI=1S/C21H26F2N2O4S.ClH/c1-28-19-11-15-7-10-25(14-16(15)12-20(19)29-2)9-4-3-8-24-30(26,27)21-6-5-17(22)13-18(21)23;/h5-6,11-13,24H,3-4,7-10,14H2,1-2H3;1H. The summed E-state index contributed by atoms with van der Waals surface area (Å²) in [7, 11) is -0.761. The first-order chi connectivity index (χ1) is 14.3. The van der Waals surface area contributed by atoms with Crippen LogP contribution in [-0.2, 0) is 23.0 Å². The topological polar surface area (TPSA) is 67.9 Å². The molecule has 31 heavy (non-hydrogen) atoms. The highest BCUT2D eigenvalue weighted by atomic mass is 35.5. The fourth-order valence-corrected chi connectivity index (χ4v) is 4.70. The summed E-state index contributed by atoms with van der Waals surface area (Å²) in [5, 5.41) is 0. The zero-order valence-electron chi connectivity index (χ0n) is 17.5.